The second kappa shape index (κ2) is 22.4. The molecule has 45 heavy (non-hydrogen) atoms. The van der Waals surface area contributed by atoms with E-state index in [1.807, 2.05) is 12.1 Å². The first kappa shape index (κ1) is 38.3. The van der Waals surface area contributed by atoms with Gasteiger partial charge in [-0.2, -0.15) is 0 Å². The molecule has 0 saturated heterocycles. The molecule has 2 aliphatic rings. The van der Waals surface area contributed by atoms with Crippen LogP contribution in [0, 0.1) is 35.3 Å². The Morgan fingerprint density at radius 2 is 0.822 bits per heavy atom. The zero-order chi connectivity index (χ0) is 32.3. The molecule has 0 atom stereocenters. The predicted molar refractivity (Wildman–Crippen MR) is 192 cm³/mol. The highest BCUT2D eigenvalue weighted by Crippen LogP contribution is 2.36. The Morgan fingerprint density at radius 3 is 1.18 bits per heavy atom. The molecule has 0 heterocycles. The minimum Gasteiger partial charge on any atom is -0.207 e. The fraction of sp³-hybridized carbons (Fsp3) is 0.707. The van der Waals surface area contributed by atoms with E-state index in [0.717, 1.165) is 60.5 Å². The third kappa shape index (κ3) is 15.6. The number of rotatable bonds is 17. The minimum absolute atomic E-state index is 0.140. The normalized spacial score (nSPS) is 21.7. The van der Waals surface area contributed by atoms with Crippen LogP contribution in [0.3, 0.4) is 0 Å². The zero-order valence-electron chi connectivity index (χ0n) is 28.5. The van der Waals surface area contributed by atoms with Crippen LogP contribution < -0.4 is 0 Å². The summed E-state index contributed by atoms with van der Waals surface area (Å²) in [5.74, 6) is 3.22. The van der Waals surface area contributed by atoms with E-state index >= 15 is 0 Å². The van der Waals surface area contributed by atoms with Gasteiger partial charge in [-0.05, 0) is 84.7 Å². The smallest absolute Gasteiger partial charge is 0.127 e. The van der Waals surface area contributed by atoms with Crippen molar-refractivity contribution in [2.24, 2.45) is 23.7 Å². The van der Waals surface area contributed by atoms with Crippen LogP contribution in [0.5, 0.6) is 0 Å². The van der Waals surface area contributed by atoms with E-state index in [4.69, 9.17) is 23.2 Å². The topological polar surface area (TPSA) is 0 Å². The average Bonchev–Trinajstić information content (AvgIpc) is 3.04. The molecule has 0 unspecified atom stereocenters. The molecule has 0 bridgehead atoms. The summed E-state index contributed by atoms with van der Waals surface area (Å²) < 4.78 is 27.6. The number of aryl methyl sites for hydroxylation is 2. The third-order valence-electron chi connectivity index (χ3n) is 10.8. The number of unbranched alkanes of at least 4 members (excludes halogenated alkanes) is 7. The van der Waals surface area contributed by atoms with Gasteiger partial charge in [-0.1, -0.05) is 171 Å². The average molecular weight is 664 g/mol. The van der Waals surface area contributed by atoms with Crippen molar-refractivity contribution in [1.29, 1.82) is 0 Å². The fourth-order valence-corrected chi connectivity index (χ4v) is 8.00. The molecule has 2 aromatic rings. The van der Waals surface area contributed by atoms with E-state index in [0.29, 0.717) is 10.0 Å². The molecule has 2 aliphatic carbocycles. The SMILES string of the molecule is CCCCCCCC1CCC(CCc2ccc(Cl)cc2F)CC1.CCCCCC[C@H]1CC[C@H](CCc2ccc(Cl)cc2F)CC1. The van der Waals surface area contributed by atoms with Crippen molar-refractivity contribution >= 4 is 23.2 Å². The summed E-state index contributed by atoms with van der Waals surface area (Å²) in [5.41, 5.74) is 1.65. The van der Waals surface area contributed by atoms with Gasteiger partial charge in [0.1, 0.15) is 11.6 Å². The Balaban J connectivity index is 0.000000246. The van der Waals surface area contributed by atoms with Crippen molar-refractivity contribution in [2.75, 3.05) is 0 Å². The number of hydrogen-bond donors (Lipinski definition) is 0. The predicted octanol–water partition coefficient (Wildman–Crippen LogP) is 14.8. The van der Waals surface area contributed by atoms with E-state index in [-0.39, 0.29) is 11.6 Å². The summed E-state index contributed by atoms with van der Waals surface area (Å²) in [7, 11) is 0. The Kier molecular flexibility index (Phi) is 19.1. The Bertz CT molecular complexity index is 1050. The van der Waals surface area contributed by atoms with Gasteiger partial charge >= 0.3 is 0 Å². The molecule has 2 aromatic carbocycles. The maximum atomic E-state index is 13.8. The summed E-state index contributed by atoms with van der Waals surface area (Å²) in [6, 6.07) is 10.2. The quantitative estimate of drug-likeness (QED) is 0.148. The van der Waals surface area contributed by atoms with E-state index in [1.165, 1.54) is 134 Å². The number of halogens is 4. The lowest BCUT2D eigenvalue weighted by Gasteiger charge is -2.28. The fourth-order valence-electron chi connectivity index (χ4n) is 7.68. The van der Waals surface area contributed by atoms with Gasteiger partial charge in [-0.15, -0.1) is 0 Å². The summed E-state index contributed by atoms with van der Waals surface area (Å²) in [5, 5.41) is 0.982. The number of benzene rings is 2. The van der Waals surface area contributed by atoms with Crippen LogP contribution in [-0.4, -0.2) is 0 Å². The van der Waals surface area contributed by atoms with Crippen LogP contribution in [0.4, 0.5) is 8.78 Å². The van der Waals surface area contributed by atoms with Crippen LogP contribution in [0.1, 0.15) is 160 Å². The molecule has 0 aliphatic heterocycles. The van der Waals surface area contributed by atoms with Gasteiger partial charge < -0.3 is 0 Å². The molecule has 0 amide bonds. The van der Waals surface area contributed by atoms with Crippen molar-refractivity contribution in [3.63, 3.8) is 0 Å². The first-order valence-corrected chi connectivity index (χ1v) is 19.5. The lowest BCUT2D eigenvalue weighted by molar-refractivity contribution is 0.248. The Morgan fingerprint density at radius 1 is 0.489 bits per heavy atom. The van der Waals surface area contributed by atoms with Crippen molar-refractivity contribution in [2.45, 2.75) is 162 Å². The molecule has 0 nitrogen and oxygen atoms in total. The lowest BCUT2D eigenvalue weighted by atomic mass is 9.77. The van der Waals surface area contributed by atoms with E-state index in [2.05, 4.69) is 13.8 Å². The lowest BCUT2D eigenvalue weighted by Crippen LogP contribution is -2.15. The van der Waals surface area contributed by atoms with Gasteiger partial charge in [0.05, 0.1) is 0 Å². The highest BCUT2D eigenvalue weighted by atomic mass is 35.5. The van der Waals surface area contributed by atoms with E-state index < -0.39 is 0 Å². The molecular formula is C41H62Cl2F2. The molecule has 254 valence electrons. The van der Waals surface area contributed by atoms with Crippen molar-refractivity contribution < 1.29 is 8.78 Å². The minimum atomic E-state index is -0.142. The van der Waals surface area contributed by atoms with Gasteiger partial charge in [0.25, 0.3) is 0 Å². The largest absolute Gasteiger partial charge is 0.207 e. The van der Waals surface area contributed by atoms with Gasteiger partial charge in [0.15, 0.2) is 0 Å². The molecule has 4 heteroatoms. The second-order valence-corrected chi connectivity index (χ2v) is 15.2. The zero-order valence-corrected chi connectivity index (χ0v) is 30.1. The summed E-state index contributed by atoms with van der Waals surface area (Å²) in [6.45, 7) is 4.55. The van der Waals surface area contributed by atoms with Crippen molar-refractivity contribution in [3.8, 4) is 0 Å². The summed E-state index contributed by atoms with van der Waals surface area (Å²) >= 11 is 11.6. The molecule has 0 spiro atoms. The monoisotopic (exact) mass is 662 g/mol. The summed E-state index contributed by atoms with van der Waals surface area (Å²) in [6.07, 6.45) is 30.3. The van der Waals surface area contributed by atoms with Crippen LogP contribution in [0.2, 0.25) is 10.0 Å². The van der Waals surface area contributed by atoms with E-state index in [9.17, 15) is 8.78 Å². The standard InChI is InChI=1S/C21H32ClF.C20H30ClF/c1-2-3-4-5-6-7-17-8-10-18(11-9-17)12-13-19-14-15-20(22)16-21(19)23;1-2-3-4-5-6-16-7-9-17(10-8-16)11-12-18-13-14-19(21)15-20(18)22/h14-18H,2-13H2,1H3;13-17H,2-12H2,1H3/t;16-,17-. The van der Waals surface area contributed by atoms with Crippen molar-refractivity contribution in [1.82, 2.24) is 0 Å². The second-order valence-electron chi connectivity index (χ2n) is 14.4. The van der Waals surface area contributed by atoms with Crippen LogP contribution in [0.15, 0.2) is 36.4 Å². The van der Waals surface area contributed by atoms with Gasteiger partial charge in [0, 0.05) is 10.0 Å². The molecule has 2 fully saturated rings. The van der Waals surface area contributed by atoms with Gasteiger partial charge in [0.2, 0.25) is 0 Å². The Labute approximate surface area is 285 Å². The van der Waals surface area contributed by atoms with Crippen LogP contribution in [-0.2, 0) is 12.8 Å². The van der Waals surface area contributed by atoms with E-state index in [1.54, 1.807) is 12.1 Å². The first-order valence-electron chi connectivity index (χ1n) is 18.8. The molecule has 0 N–H and O–H groups in total. The van der Waals surface area contributed by atoms with Crippen LogP contribution >= 0.6 is 23.2 Å². The van der Waals surface area contributed by atoms with Crippen LogP contribution in [0.25, 0.3) is 0 Å². The molecule has 0 aromatic heterocycles. The van der Waals surface area contributed by atoms with Gasteiger partial charge in [-0.25, -0.2) is 8.78 Å². The maximum Gasteiger partial charge on any atom is 0.127 e. The molecular weight excluding hydrogens is 601 g/mol. The Hall–Kier alpha value is -1.12. The molecule has 0 radical (unpaired) electrons. The highest BCUT2D eigenvalue weighted by Gasteiger charge is 2.22. The molecule has 4 rings (SSSR count). The summed E-state index contributed by atoms with van der Waals surface area (Å²) in [4.78, 5) is 0. The first-order chi connectivity index (χ1) is 21.9. The maximum absolute atomic E-state index is 13.8. The van der Waals surface area contributed by atoms with Crippen molar-refractivity contribution in [3.05, 3.63) is 69.2 Å². The van der Waals surface area contributed by atoms with Gasteiger partial charge in [-0.3, -0.25) is 0 Å². The number of hydrogen-bond acceptors (Lipinski definition) is 0. The third-order valence-corrected chi connectivity index (χ3v) is 11.3. The highest BCUT2D eigenvalue weighted by molar-refractivity contribution is 6.30. The molecule has 2 saturated carbocycles.